The molecule has 0 saturated heterocycles. The van der Waals surface area contributed by atoms with Gasteiger partial charge in [0.05, 0.1) is 0 Å². The van der Waals surface area contributed by atoms with Crippen molar-refractivity contribution in [2.45, 2.75) is 0 Å². The molecule has 2 aromatic carbocycles. The average Bonchev–Trinajstić information content (AvgIpc) is 2.54. The third-order valence-corrected chi connectivity index (χ3v) is 3.50. The van der Waals surface area contributed by atoms with Gasteiger partial charge in [-0.05, 0) is 35.4 Å². The van der Waals surface area contributed by atoms with E-state index in [2.05, 4.69) is 20.6 Å². The molecule has 0 spiro atoms. The minimum absolute atomic E-state index is 0.0998. The van der Waals surface area contributed by atoms with Gasteiger partial charge in [-0.2, -0.15) is 0 Å². The van der Waals surface area contributed by atoms with Gasteiger partial charge in [0.15, 0.2) is 23.1 Å². The van der Waals surface area contributed by atoms with Crippen LogP contribution in [0.25, 0.3) is 11.1 Å². The molecule has 23 heavy (non-hydrogen) atoms. The molecule has 0 aromatic heterocycles. The summed E-state index contributed by atoms with van der Waals surface area (Å²) in [6, 6.07) is 6.57. The topological polar surface area (TPSA) is 52.6 Å². The summed E-state index contributed by atoms with van der Waals surface area (Å²) in [5.74, 6) is -2.81. The summed E-state index contributed by atoms with van der Waals surface area (Å²) in [6.07, 6.45) is 0.914. The van der Waals surface area contributed by atoms with Gasteiger partial charge < -0.3 is 9.47 Å². The number of benzene rings is 2. The minimum atomic E-state index is -0.789. The normalized spacial score (nSPS) is 10.0. The van der Waals surface area contributed by atoms with E-state index in [1.54, 1.807) is 0 Å². The van der Waals surface area contributed by atoms with Crippen LogP contribution in [0.5, 0.6) is 11.5 Å². The predicted octanol–water partition coefficient (Wildman–Crippen LogP) is 2.76. The van der Waals surface area contributed by atoms with Gasteiger partial charge in [0, 0.05) is 11.4 Å². The zero-order chi connectivity index (χ0) is 17.0. The van der Waals surface area contributed by atoms with Crippen molar-refractivity contribution in [2.75, 3.05) is 0 Å². The molecule has 0 fully saturated rings. The summed E-state index contributed by atoms with van der Waals surface area (Å²) in [6.45, 7) is 3.34. The summed E-state index contributed by atoms with van der Waals surface area (Å²) in [4.78, 5) is 21.4. The molecule has 0 aliphatic carbocycles. The van der Waals surface area contributed by atoms with Crippen LogP contribution in [0.4, 0.5) is 8.78 Å². The first-order valence-electron chi connectivity index (χ1n) is 6.30. The molecular weight excluding hydrogens is 325 g/mol. The standard InChI is InChI=1S/C16H11F2O4P/c1-2-14(20)22-13-6-4-10(16(23)15(13)18)9-3-5-12(21-8-19)11(17)7-9/h2-8H,1,23H2. The maximum atomic E-state index is 14.2. The summed E-state index contributed by atoms with van der Waals surface area (Å²) in [5, 5.41) is 0.0998. The van der Waals surface area contributed by atoms with E-state index in [0.29, 0.717) is 11.1 Å². The van der Waals surface area contributed by atoms with Crippen molar-refractivity contribution in [1.82, 2.24) is 0 Å². The Balaban J connectivity index is 2.43. The third kappa shape index (κ3) is 3.60. The largest absolute Gasteiger partial charge is 0.426 e. The van der Waals surface area contributed by atoms with E-state index in [1.165, 1.54) is 24.3 Å². The molecule has 0 radical (unpaired) electrons. The van der Waals surface area contributed by atoms with Crippen LogP contribution in [-0.4, -0.2) is 12.4 Å². The molecule has 0 heterocycles. The van der Waals surface area contributed by atoms with Crippen molar-refractivity contribution in [2.24, 2.45) is 0 Å². The summed E-state index contributed by atoms with van der Waals surface area (Å²) in [7, 11) is 2.18. The van der Waals surface area contributed by atoms with Crippen molar-refractivity contribution in [3.63, 3.8) is 0 Å². The van der Waals surface area contributed by atoms with Crippen molar-refractivity contribution >= 4 is 27.0 Å². The van der Waals surface area contributed by atoms with Gasteiger partial charge in [0.2, 0.25) is 0 Å². The zero-order valence-electron chi connectivity index (χ0n) is 11.7. The van der Waals surface area contributed by atoms with E-state index in [0.717, 1.165) is 12.1 Å². The second-order valence-electron chi connectivity index (χ2n) is 4.32. The highest BCUT2D eigenvalue weighted by molar-refractivity contribution is 7.28. The number of halogens is 2. The Morgan fingerprint density at radius 3 is 2.48 bits per heavy atom. The Labute approximate surface area is 132 Å². The Bertz CT molecular complexity index is 790. The molecule has 0 saturated carbocycles. The van der Waals surface area contributed by atoms with Crippen molar-refractivity contribution in [3.8, 4) is 22.6 Å². The van der Waals surface area contributed by atoms with Crippen LogP contribution in [0, 0.1) is 11.6 Å². The lowest BCUT2D eigenvalue weighted by Crippen LogP contribution is -2.10. The van der Waals surface area contributed by atoms with E-state index >= 15 is 0 Å². The van der Waals surface area contributed by atoms with Crippen LogP contribution in [0.15, 0.2) is 43.0 Å². The van der Waals surface area contributed by atoms with E-state index in [9.17, 15) is 18.4 Å². The van der Waals surface area contributed by atoms with Crippen molar-refractivity contribution in [1.29, 1.82) is 0 Å². The second-order valence-corrected chi connectivity index (χ2v) is 4.90. The Morgan fingerprint density at radius 2 is 1.87 bits per heavy atom. The molecule has 4 nitrogen and oxygen atoms in total. The molecule has 2 aromatic rings. The SMILES string of the molecule is C=CC(=O)Oc1ccc(-c2ccc(OC=O)c(F)c2)c(P)c1F. The fraction of sp³-hybridized carbons (Fsp3) is 0. The first kappa shape index (κ1) is 16.8. The van der Waals surface area contributed by atoms with Crippen LogP contribution in [0.1, 0.15) is 0 Å². The molecule has 1 unspecified atom stereocenters. The van der Waals surface area contributed by atoms with Crippen molar-refractivity contribution < 1.29 is 27.8 Å². The maximum absolute atomic E-state index is 14.2. The van der Waals surface area contributed by atoms with Gasteiger partial charge in [-0.1, -0.05) is 12.6 Å². The van der Waals surface area contributed by atoms with Gasteiger partial charge >= 0.3 is 5.97 Å². The molecule has 2 rings (SSSR count). The highest BCUT2D eigenvalue weighted by Gasteiger charge is 2.15. The second kappa shape index (κ2) is 7.11. The molecule has 1 atom stereocenters. The molecule has 7 heteroatoms. The van der Waals surface area contributed by atoms with E-state index in [-0.39, 0.29) is 23.3 Å². The fourth-order valence-electron chi connectivity index (χ4n) is 1.87. The Morgan fingerprint density at radius 1 is 1.17 bits per heavy atom. The number of rotatable bonds is 5. The van der Waals surface area contributed by atoms with E-state index in [4.69, 9.17) is 4.74 Å². The minimum Gasteiger partial charge on any atom is -0.426 e. The summed E-state index contributed by atoms with van der Waals surface area (Å²) >= 11 is 0. The van der Waals surface area contributed by atoms with E-state index < -0.39 is 17.6 Å². The highest BCUT2D eigenvalue weighted by atomic mass is 31.0. The molecule has 0 N–H and O–H groups in total. The molecular formula is C16H11F2O4P. The van der Waals surface area contributed by atoms with Crippen LogP contribution in [0.2, 0.25) is 0 Å². The number of esters is 1. The maximum Gasteiger partial charge on any atom is 0.335 e. The van der Waals surface area contributed by atoms with Crippen LogP contribution in [-0.2, 0) is 9.59 Å². The molecule has 0 aliphatic rings. The lowest BCUT2D eigenvalue weighted by molar-refractivity contribution is -0.129. The monoisotopic (exact) mass is 336 g/mol. The molecule has 0 aliphatic heterocycles. The quantitative estimate of drug-likeness (QED) is 0.277. The number of carbonyl (C=O) groups excluding carboxylic acids is 2. The van der Waals surface area contributed by atoms with Crippen molar-refractivity contribution in [3.05, 3.63) is 54.6 Å². The third-order valence-electron chi connectivity index (χ3n) is 2.94. The molecule has 0 bridgehead atoms. The first-order chi connectivity index (χ1) is 11.0. The van der Waals surface area contributed by atoms with Gasteiger partial charge in [-0.25, -0.2) is 13.6 Å². The van der Waals surface area contributed by atoms with Crippen LogP contribution in [0.3, 0.4) is 0 Å². The molecule has 118 valence electrons. The Hall–Kier alpha value is -2.59. The lowest BCUT2D eigenvalue weighted by atomic mass is 10.0. The van der Waals surface area contributed by atoms with Gasteiger partial charge in [-0.15, -0.1) is 9.24 Å². The fourth-order valence-corrected chi connectivity index (χ4v) is 2.27. The lowest BCUT2D eigenvalue weighted by Gasteiger charge is -2.11. The number of carbonyl (C=O) groups is 2. The highest BCUT2D eigenvalue weighted by Crippen LogP contribution is 2.29. The average molecular weight is 336 g/mol. The van der Waals surface area contributed by atoms with Gasteiger partial charge in [-0.3, -0.25) is 4.79 Å². The van der Waals surface area contributed by atoms with E-state index in [1.807, 2.05) is 0 Å². The first-order valence-corrected chi connectivity index (χ1v) is 6.88. The van der Waals surface area contributed by atoms with Crippen LogP contribution < -0.4 is 14.8 Å². The number of hydrogen-bond donors (Lipinski definition) is 0. The predicted molar refractivity (Wildman–Crippen MR) is 83.7 cm³/mol. The zero-order valence-corrected chi connectivity index (χ0v) is 12.9. The molecule has 0 amide bonds. The number of ether oxygens (including phenoxy) is 2. The Kier molecular flexibility index (Phi) is 5.19. The van der Waals surface area contributed by atoms with Gasteiger partial charge in [0.1, 0.15) is 0 Å². The number of hydrogen-bond acceptors (Lipinski definition) is 4. The smallest absolute Gasteiger partial charge is 0.335 e. The van der Waals surface area contributed by atoms with Gasteiger partial charge in [0.25, 0.3) is 6.47 Å². The summed E-state index contributed by atoms with van der Waals surface area (Å²) in [5.41, 5.74) is 0.744. The van der Waals surface area contributed by atoms with Crippen LogP contribution >= 0.6 is 9.24 Å². The summed E-state index contributed by atoms with van der Waals surface area (Å²) < 4.78 is 37.3.